The monoisotopic (exact) mass is 606 g/mol. The largest absolute Gasteiger partial charge is 0.463 e. The Morgan fingerprint density at radius 1 is 0.568 bits per heavy atom. The van der Waals surface area contributed by atoms with Crippen molar-refractivity contribution in [2.45, 2.75) is 45.1 Å². The first kappa shape index (κ1) is 35.4. The van der Waals surface area contributed by atoms with E-state index in [4.69, 9.17) is 28.4 Å². The zero-order valence-corrected chi connectivity index (χ0v) is 26.5. The van der Waals surface area contributed by atoms with Crippen LogP contribution in [0.4, 0.5) is 0 Å². The second kappa shape index (κ2) is 21.6. The third-order valence-corrected chi connectivity index (χ3v) is 7.41. The van der Waals surface area contributed by atoms with E-state index in [1.807, 2.05) is 61.5 Å². The van der Waals surface area contributed by atoms with Crippen LogP contribution < -0.4 is 0 Å². The Morgan fingerprint density at radius 3 is 1.34 bits per heavy atom. The van der Waals surface area contributed by atoms with Gasteiger partial charge >= 0.3 is 5.97 Å². The highest BCUT2D eigenvalue weighted by atomic mass is 16.6. The van der Waals surface area contributed by atoms with Gasteiger partial charge in [-0.1, -0.05) is 118 Å². The molecule has 0 saturated carbocycles. The van der Waals surface area contributed by atoms with E-state index in [0.29, 0.717) is 59.5 Å². The molecule has 1 atom stereocenters. The third-order valence-electron chi connectivity index (χ3n) is 7.41. The number of hydrogen-bond donors (Lipinski definition) is 0. The van der Waals surface area contributed by atoms with Crippen LogP contribution in [-0.2, 0) is 38.8 Å². The van der Waals surface area contributed by atoms with Gasteiger partial charge in [-0.25, -0.2) is 0 Å². The van der Waals surface area contributed by atoms with Crippen LogP contribution in [0.15, 0.2) is 91.0 Å². The van der Waals surface area contributed by atoms with Gasteiger partial charge in [0.15, 0.2) is 0 Å². The van der Waals surface area contributed by atoms with E-state index in [9.17, 15) is 4.79 Å². The van der Waals surface area contributed by atoms with Crippen molar-refractivity contribution in [1.29, 1.82) is 0 Å². The first-order chi connectivity index (χ1) is 21.7. The maximum atomic E-state index is 12.1. The summed E-state index contributed by atoms with van der Waals surface area (Å²) in [6, 6.07) is 31.0. The predicted octanol–water partition coefficient (Wildman–Crippen LogP) is 6.82. The Labute approximate surface area is 263 Å². The van der Waals surface area contributed by atoms with Gasteiger partial charge in [0.25, 0.3) is 0 Å². The molecule has 3 rings (SSSR count). The molecular formula is C37H50O7. The fourth-order valence-corrected chi connectivity index (χ4v) is 5.04. The van der Waals surface area contributed by atoms with Gasteiger partial charge in [0.1, 0.15) is 12.2 Å². The van der Waals surface area contributed by atoms with E-state index < -0.39 is 5.60 Å². The van der Waals surface area contributed by atoms with Crippen molar-refractivity contribution in [2.75, 3.05) is 66.1 Å². The molecule has 0 radical (unpaired) electrons. The maximum Gasteiger partial charge on any atom is 0.308 e. The van der Waals surface area contributed by atoms with Crippen molar-refractivity contribution in [3.63, 3.8) is 0 Å². The lowest BCUT2D eigenvalue weighted by atomic mass is 9.80. The summed E-state index contributed by atoms with van der Waals surface area (Å²) in [5.41, 5.74) is 2.45. The van der Waals surface area contributed by atoms with Crippen molar-refractivity contribution < 1.29 is 33.2 Å². The zero-order valence-electron chi connectivity index (χ0n) is 26.5. The summed E-state index contributed by atoms with van der Waals surface area (Å²) in [5.74, 6) is -0.121. The summed E-state index contributed by atoms with van der Waals surface area (Å²) in [6.45, 7) is 8.48. The minimum absolute atomic E-state index is 0.00426. The molecule has 0 aliphatic heterocycles. The zero-order chi connectivity index (χ0) is 31.1. The molecule has 0 bridgehead atoms. The molecule has 3 aromatic carbocycles. The van der Waals surface area contributed by atoms with Crippen molar-refractivity contribution >= 4 is 5.97 Å². The first-order valence-electron chi connectivity index (χ1n) is 16.0. The van der Waals surface area contributed by atoms with Gasteiger partial charge in [-0.3, -0.25) is 4.79 Å². The molecule has 7 nitrogen and oxygen atoms in total. The molecule has 0 saturated heterocycles. The van der Waals surface area contributed by atoms with Crippen molar-refractivity contribution in [2.24, 2.45) is 5.92 Å². The first-order valence-corrected chi connectivity index (χ1v) is 16.0. The van der Waals surface area contributed by atoms with E-state index in [-0.39, 0.29) is 18.5 Å². The molecule has 7 heteroatoms. The quantitative estimate of drug-likeness (QED) is 0.0629. The Hall–Kier alpha value is -3.07. The lowest BCUT2D eigenvalue weighted by Gasteiger charge is -2.36. The molecule has 0 aromatic heterocycles. The smallest absolute Gasteiger partial charge is 0.308 e. The number of unbranched alkanes of at least 4 members (excludes halogenated alkanes) is 1. The van der Waals surface area contributed by atoms with Crippen LogP contribution in [0.3, 0.4) is 0 Å². The minimum atomic E-state index is -0.749. The molecule has 0 amide bonds. The van der Waals surface area contributed by atoms with Gasteiger partial charge < -0.3 is 28.4 Å². The fraction of sp³-hybridized carbons (Fsp3) is 0.486. The van der Waals surface area contributed by atoms with Gasteiger partial charge in [0.2, 0.25) is 0 Å². The number of esters is 1. The number of carbonyl (C=O) groups is 1. The lowest BCUT2D eigenvalue weighted by molar-refractivity contribution is -0.150. The summed E-state index contributed by atoms with van der Waals surface area (Å²) < 4.78 is 34.6. The highest BCUT2D eigenvalue weighted by Crippen LogP contribution is 2.40. The summed E-state index contributed by atoms with van der Waals surface area (Å²) >= 11 is 0. The Kier molecular flexibility index (Phi) is 17.4. The van der Waals surface area contributed by atoms with Crippen LogP contribution in [-0.4, -0.2) is 72.0 Å². The van der Waals surface area contributed by atoms with Gasteiger partial charge in [0.05, 0.1) is 65.4 Å². The fourth-order valence-electron chi connectivity index (χ4n) is 5.04. The van der Waals surface area contributed by atoms with Crippen molar-refractivity contribution in [1.82, 2.24) is 0 Å². The molecule has 0 aliphatic rings. The Balaban J connectivity index is 1.27. The molecule has 44 heavy (non-hydrogen) atoms. The summed E-state index contributed by atoms with van der Waals surface area (Å²) in [4.78, 5) is 12.1. The molecule has 0 heterocycles. The van der Waals surface area contributed by atoms with Crippen LogP contribution in [0.5, 0.6) is 0 Å². The second-order valence-corrected chi connectivity index (χ2v) is 10.5. The van der Waals surface area contributed by atoms with Crippen LogP contribution in [0.1, 0.15) is 56.2 Å². The third kappa shape index (κ3) is 11.8. The van der Waals surface area contributed by atoms with Crippen LogP contribution in [0, 0.1) is 5.92 Å². The normalized spacial score (nSPS) is 12.2. The SMILES string of the molecule is CCCCC(CC)C(=O)OCCOCCOCCOCCOCCOC(c1ccccc1)(c1ccccc1)c1ccccc1. The number of carbonyl (C=O) groups excluding carboxylic acids is 1. The van der Waals surface area contributed by atoms with Crippen LogP contribution >= 0.6 is 0 Å². The molecule has 240 valence electrons. The number of ether oxygens (including phenoxy) is 6. The maximum absolute atomic E-state index is 12.1. The lowest BCUT2D eigenvalue weighted by Crippen LogP contribution is -2.34. The van der Waals surface area contributed by atoms with E-state index in [0.717, 1.165) is 42.4 Å². The molecule has 0 N–H and O–H groups in total. The van der Waals surface area contributed by atoms with E-state index in [2.05, 4.69) is 43.3 Å². The van der Waals surface area contributed by atoms with Gasteiger partial charge in [-0.05, 0) is 29.5 Å². The second-order valence-electron chi connectivity index (χ2n) is 10.5. The van der Waals surface area contributed by atoms with E-state index in [1.165, 1.54) is 0 Å². The molecule has 0 spiro atoms. The summed E-state index contributed by atoms with van der Waals surface area (Å²) in [6.07, 6.45) is 3.84. The van der Waals surface area contributed by atoms with Crippen LogP contribution in [0.25, 0.3) is 0 Å². The van der Waals surface area contributed by atoms with Crippen molar-refractivity contribution in [3.05, 3.63) is 108 Å². The predicted molar refractivity (Wildman–Crippen MR) is 173 cm³/mol. The Morgan fingerprint density at radius 2 is 0.955 bits per heavy atom. The standard InChI is InChI=1S/C37H50O7/c1-3-5-15-32(4-2)36(38)43-30-28-41-26-24-39-22-23-40-25-27-42-29-31-44-37(33-16-9-6-10-17-33,34-18-11-7-12-19-34)35-20-13-8-14-21-35/h6-14,16-21,32H,3-5,15,22-31H2,1-2H3. The highest BCUT2D eigenvalue weighted by molar-refractivity contribution is 5.72. The molecule has 0 aliphatic carbocycles. The highest BCUT2D eigenvalue weighted by Gasteiger charge is 2.37. The van der Waals surface area contributed by atoms with Crippen molar-refractivity contribution in [3.8, 4) is 0 Å². The topological polar surface area (TPSA) is 72.5 Å². The van der Waals surface area contributed by atoms with Crippen LogP contribution in [0.2, 0.25) is 0 Å². The molecular weight excluding hydrogens is 556 g/mol. The van der Waals surface area contributed by atoms with Gasteiger partial charge in [-0.2, -0.15) is 0 Å². The number of hydrogen-bond acceptors (Lipinski definition) is 7. The van der Waals surface area contributed by atoms with Gasteiger partial charge in [0, 0.05) is 0 Å². The summed E-state index contributed by atoms with van der Waals surface area (Å²) in [5, 5.41) is 0. The number of benzene rings is 3. The molecule has 3 aromatic rings. The van der Waals surface area contributed by atoms with E-state index in [1.54, 1.807) is 0 Å². The number of rotatable bonds is 24. The average molecular weight is 607 g/mol. The molecule has 1 unspecified atom stereocenters. The molecule has 0 fully saturated rings. The van der Waals surface area contributed by atoms with E-state index >= 15 is 0 Å². The van der Waals surface area contributed by atoms with Gasteiger partial charge in [-0.15, -0.1) is 0 Å². The average Bonchev–Trinajstić information content (AvgIpc) is 3.08. The Bertz CT molecular complexity index is 1030. The minimum Gasteiger partial charge on any atom is -0.463 e. The summed E-state index contributed by atoms with van der Waals surface area (Å²) in [7, 11) is 0.